The number of hydrogen-bond acceptors (Lipinski definition) is 5. The molecule has 8 heteroatoms. The van der Waals surface area contributed by atoms with Crippen LogP contribution in [0.5, 0.6) is 11.5 Å². The standard InChI is InChI=1S/C12H11N3O5/c1-15-6-2-3-20-10-8(5(6)4-13-15)14-11(17)7(9(10)16)12(18)19/h4H,2-3H2,1H3,(H,18,19)(H2,14,16,17). The molecule has 0 amide bonds. The van der Waals surface area contributed by atoms with Gasteiger partial charge in [0.1, 0.15) is 0 Å². The molecule has 3 N–H and O–H groups in total. The number of aromatic carboxylic acids is 1. The highest BCUT2D eigenvalue weighted by Crippen LogP contribution is 2.39. The Morgan fingerprint density at radius 1 is 1.55 bits per heavy atom. The number of aromatic hydroxyl groups is 1. The molecule has 0 bridgehead atoms. The number of carboxylic acid groups (broad SMARTS) is 1. The van der Waals surface area contributed by atoms with E-state index in [1.807, 2.05) is 0 Å². The van der Waals surface area contributed by atoms with Crippen LogP contribution in [0.15, 0.2) is 11.0 Å². The van der Waals surface area contributed by atoms with Crippen LogP contribution in [-0.4, -0.2) is 37.6 Å². The van der Waals surface area contributed by atoms with Crippen molar-refractivity contribution in [2.75, 3.05) is 6.61 Å². The quantitative estimate of drug-likeness (QED) is 0.681. The van der Waals surface area contributed by atoms with E-state index < -0.39 is 22.8 Å². The first kappa shape index (κ1) is 12.3. The molecule has 0 spiro atoms. The molecule has 104 valence electrons. The Hall–Kier alpha value is -2.77. The lowest BCUT2D eigenvalue weighted by Gasteiger charge is -2.10. The number of aromatic nitrogens is 3. The molecule has 20 heavy (non-hydrogen) atoms. The van der Waals surface area contributed by atoms with Crippen LogP contribution in [0, 0.1) is 0 Å². The Morgan fingerprint density at radius 3 is 3.00 bits per heavy atom. The maximum atomic E-state index is 11.8. The number of nitrogens with zero attached hydrogens (tertiary/aromatic N) is 2. The SMILES string of the molecule is Cn1ncc2c1CCOc1c-2[nH]c(=O)c(C(=O)O)c1O. The van der Waals surface area contributed by atoms with E-state index in [1.54, 1.807) is 17.9 Å². The summed E-state index contributed by atoms with van der Waals surface area (Å²) >= 11 is 0. The molecule has 0 fully saturated rings. The first-order valence-electron chi connectivity index (χ1n) is 5.87. The van der Waals surface area contributed by atoms with Crippen molar-refractivity contribution in [3.05, 3.63) is 27.8 Å². The number of carboxylic acids is 1. The van der Waals surface area contributed by atoms with Gasteiger partial charge in [-0.3, -0.25) is 9.48 Å². The fourth-order valence-electron chi connectivity index (χ4n) is 2.32. The Bertz CT molecular complexity index is 774. The van der Waals surface area contributed by atoms with Gasteiger partial charge in [0, 0.05) is 19.0 Å². The van der Waals surface area contributed by atoms with E-state index in [-0.39, 0.29) is 18.1 Å². The van der Waals surface area contributed by atoms with Gasteiger partial charge in [-0.15, -0.1) is 0 Å². The molecule has 1 aliphatic heterocycles. The number of aryl methyl sites for hydroxylation is 1. The van der Waals surface area contributed by atoms with E-state index >= 15 is 0 Å². The molecular weight excluding hydrogens is 266 g/mol. The van der Waals surface area contributed by atoms with E-state index in [0.717, 1.165) is 5.69 Å². The maximum absolute atomic E-state index is 11.8. The largest absolute Gasteiger partial charge is 0.503 e. The van der Waals surface area contributed by atoms with Gasteiger partial charge in [0.05, 0.1) is 24.2 Å². The smallest absolute Gasteiger partial charge is 0.345 e. The van der Waals surface area contributed by atoms with E-state index in [0.29, 0.717) is 12.0 Å². The number of ether oxygens (including phenoxy) is 1. The van der Waals surface area contributed by atoms with Crippen LogP contribution in [0.3, 0.4) is 0 Å². The number of hydrogen-bond donors (Lipinski definition) is 3. The third kappa shape index (κ3) is 1.58. The lowest BCUT2D eigenvalue weighted by molar-refractivity contribution is 0.0690. The summed E-state index contributed by atoms with van der Waals surface area (Å²) in [6.07, 6.45) is 2.07. The fourth-order valence-corrected chi connectivity index (χ4v) is 2.32. The highest BCUT2D eigenvalue weighted by atomic mass is 16.5. The Morgan fingerprint density at radius 2 is 2.30 bits per heavy atom. The fraction of sp³-hybridized carbons (Fsp3) is 0.250. The normalized spacial score (nSPS) is 13.1. The van der Waals surface area contributed by atoms with Crippen LogP contribution in [0.1, 0.15) is 16.1 Å². The van der Waals surface area contributed by atoms with Crippen molar-refractivity contribution >= 4 is 5.97 Å². The van der Waals surface area contributed by atoms with Crippen molar-refractivity contribution in [1.29, 1.82) is 0 Å². The van der Waals surface area contributed by atoms with Gasteiger partial charge in [-0.1, -0.05) is 0 Å². The van der Waals surface area contributed by atoms with Crippen LogP contribution in [0.2, 0.25) is 0 Å². The summed E-state index contributed by atoms with van der Waals surface area (Å²) in [6.45, 7) is 0.248. The maximum Gasteiger partial charge on any atom is 0.345 e. The van der Waals surface area contributed by atoms with Crippen molar-refractivity contribution < 1.29 is 19.7 Å². The van der Waals surface area contributed by atoms with Gasteiger partial charge in [-0.25, -0.2) is 4.79 Å². The molecule has 3 rings (SSSR count). The highest BCUT2D eigenvalue weighted by Gasteiger charge is 2.28. The predicted molar refractivity (Wildman–Crippen MR) is 67.1 cm³/mol. The molecule has 0 saturated heterocycles. The zero-order valence-corrected chi connectivity index (χ0v) is 10.5. The van der Waals surface area contributed by atoms with E-state index in [4.69, 9.17) is 9.84 Å². The molecule has 8 nitrogen and oxygen atoms in total. The van der Waals surface area contributed by atoms with Crippen molar-refractivity contribution in [1.82, 2.24) is 14.8 Å². The molecule has 3 heterocycles. The number of fused-ring (bicyclic) bond motifs is 3. The third-order valence-corrected chi connectivity index (χ3v) is 3.27. The predicted octanol–water partition coefficient (Wildman–Crippen LogP) is 0.114. The van der Waals surface area contributed by atoms with Crippen molar-refractivity contribution in [3.8, 4) is 22.8 Å². The van der Waals surface area contributed by atoms with Crippen LogP contribution in [0.4, 0.5) is 0 Å². The number of carbonyl (C=O) groups is 1. The zero-order chi connectivity index (χ0) is 14.4. The van der Waals surface area contributed by atoms with Gasteiger partial charge >= 0.3 is 5.97 Å². The average molecular weight is 277 g/mol. The van der Waals surface area contributed by atoms with Gasteiger partial charge in [-0.2, -0.15) is 5.10 Å². The molecular formula is C12H11N3O5. The first-order chi connectivity index (χ1) is 9.50. The summed E-state index contributed by atoms with van der Waals surface area (Å²) in [5, 5.41) is 23.1. The molecule has 1 aliphatic rings. The van der Waals surface area contributed by atoms with Gasteiger partial charge < -0.3 is 19.9 Å². The van der Waals surface area contributed by atoms with E-state index in [9.17, 15) is 14.7 Å². The lowest BCUT2D eigenvalue weighted by Crippen LogP contribution is -2.19. The minimum absolute atomic E-state index is 0.0336. The van der Waals surface area contributed by atoms with E-state index in [2.05, 4.69) is 10.1 Å². The Balaban J connectivity index is 2.36. The van der Waals surface area contributed by atoms with E-state index in [1.165, 1.54) is 0 Å². The number of nitrogens with one attached hydrogen (secondary N) is 1. The molecule has 0 aromatic carbocycles. The molecule has 2 aromatic rings. The van der Waals surface area contributed by atoms with Crippen LogP contribution >= 0.6 is 0 Å². The van der Waals surface area contributed by atoms with Gasteiger partial charge in [0.2, 0.25) is 0 Å². The molecule has 0 aliphatic carbocycles. The summed E-state index contributed by atoms with van der Waals surface area (Å²) in [6, 6.07) is 0. The van der Waals surface area contributed by atoms with Gasteiger partial charge in [-0.05, 0) is 0 Å². The molecule has 2 aromatic heterocycles. The second kappa shape index (κ2) is 4.12. The second-order valence-corrected chi connectivity index (χ2v) is 4.41. The van der Waals surface area contributed by atoms with Crippen LogP contribution in [-0.2, 0) is 13.5 Å². The van der Waals surface area contributed by atoms with Crippen LogP contribution in [0.25, 0.3) is 11.3 Å². The summed E-state index contributed by atoms with van der Waals surface area (Å²) in [5.74, 6) is -2.20. The summed E-state index contributed by atoms with van der Waals surface area (Å²) in [7, 11) is 1.76. The number of H-pyrrole nitrogens is 1. The van der Waals surface area contributed by atoms with Gasteiger partial charge in [0.25, 0.3) is 5.56 Å². The lowest BCUT2D eigenvalue weighted by atomic mass is 10.1. The summed E-state index contributed by atoms with van der Waals surface area (Å²) in [5.41, 5.74) is 0.0921. The average Bonchev–Trinajstić information content (AvgIpc) is 2.63. The van der Waals surface area contributed by atoms with Crippen molar-refractivity contribution in [2.45, 2.75) is 6.42 Å². The highest BCUT2D eigenvalue weighted by molar-refractivity contribution is 5.93. The molecule has 0 unspecified atom stereocenters. The molecule has 0 radical (unpaired) electrons. The minimum atomic E-state index is -1.51. The van der Waals surface area contributed by atoms with Crippen molar-refractivity contribution in [3.63, 3.8) is 0 Å². The monoisotopic (exact) mass is 277 g/mol. The van der Waals surface area contributed by atoms with Crippen LogP contribution < -0.4 is 10.3 Å². The first-order valence-corrected chi connectivity index (χ1v) is 5.87. The molecule has 0 atom stereocenters. The second-order valence-electron chi connectivity index (χ2n) is 4.41. The Labute approximate surface area is 112 Å². The number of aromatic amines is 1. The number of pyridine rings is 1. The van der Waals surface area contributed by atoms with Gasteiger partial charge in [0.15, 0.2) is 17.1 Å². The molecule has 0 saturated carbocycles. The van der Waals surface area contributed by atoms with Crippen molar-refractivity contribution in [2.24, 2.45) is 7.05 Å². The summed E-state index contributed by atoms with van der Waals surface area (Å²) < 4.78 is 7.04. The Kier molecular flexibility index (Phi) is 2.53. The minimum Gasteiger partial charge on any atom is -0.503 e. The zero-order valence-electron chi connectivity index (χ0n) is 10.5. The summed E-state index contributed by atoms with van der Waals surface area (Å²) in [4.78, 5) is 25.3. The topological polar surface area (TPSA) is 117 Å². The third-order valence-electron chi connectivity index (χ3n) is 3.27. The number of rotatable bonds is 1.